The van der Waals surface area contributed by atoms with Gasteiger partial charge in [-0.3, -0.25) is 9.36 Å². The fraction of sp³-hybridized carbons (Fsp3) is 0.0625. The van der Waals surface area contributed by atoms with Crippen LogP contribution in [0.3, 0.4) is 0 Å². The highest BCUT2D eigenvalue weighted by molar-refractivity contribution is 8.23. The number of nitrogens with zero attached hydrogens (tertiary/aromatic N) is 2. The minimum absolute atomic E-state index is 0.121. The number of benzene rings is 2. The Morgan fingerprint density at radius 1 is 1.22 bits per heavy atom. The number of hydrogen-bond donors (Lipinski definition) is 1. The highest BCUT2D eigenvalue weighted by Gasteiger charge is 2.10. The van der Waals surface area contributed by atoms with E-state index in [2.05, 4.69) is 10.3 Å². The van der Waals surface area contributed by atoms with E-state index in [0.717, 1.165) is 11.0 Å². The van der Waals surface area contributed by atoms with Crippen LogP contribution in [0, 0.1) is 0 Å². The number of halogens is 1. The lowest BCUT2D eigenvalue weighted by Gasteiger charge is -2.07. The van der Waals surface area contributed by atoms with E-state index in [1.807, 2.05) is 28.8 Å². The summed E-state index contributed by atoms with van der Waals surface area (Å²) in [5.74, 6) is 0.109. The van der Waals surface area contributed by atoms with Gasteiger partial charge in [0, 0.05) is 10.7 Å². The van der Waals surface area contributed by atoms with E-state index in [1.54, 1.807) is 30.6 Å². The molecule has 1 amide bonds. The smallest absolute Gasteiger partial charge is 0.234 e. The maximum absolute atomic E-state index is 12.0. The van der Waals surface area contributed by atoms with E-state index in [4.69, 9.17) is 23.8 Å². The molecule has 0 saturated carbocycles. The lowest BCUT2D eigenvalue weighted by Crippen LogP contribution is -2.16. The predicted molar refractivity (Wildman–Crippen MR) is 100 cm³/mol. The van der Waals surface area contributed by atoms with E-state index in [-0.39, 0.29) is 11.7 Å². The van der Waals surface area contributed by atoms with Gasteiger partial charge in [-0.25, -0.2) is 4.98 Å². The average Bonchev–Trinajstić information content (AvgIpc) is 2.99. The summed E-state index contributed by atoms with van der Waals surface area (Å²) in [6.07, 6.45) is 1.68. The number of fused-ring (bicyclic) bond motifs is 1. The monoisotopic (exact) mass is 361 g/mol. The highest BCUT2D eigenvalue weighted by Crippen LogP contribution is 2.17. The second-order valence-electron chi connectivity index (χ2n) is 4.71. The lowest BCUT2D eigenvalue weighted by atomic mass is 10.3. The van der Waals surface area contributed by atoms with Crippen molar-refractivity contribution in [2.24, 2.45) is 0 Å². The van der Waals surface area contributed by atoms with Crippen molar-refractivity contribution in [2.75, 3.05) is 11.1 Å². The van der Waals surface area contributed by atoms with Gasteiger partial charge in [-0.2, -0.15) is 0 Å². The number of aromatic nitrogens is 2. The van der Waals surface area contributed by atoms with E-state index in [9.17, 15) is 4.79 Å². The van der Waals surface area contributed by atoms with Crippen LogP contribution in [0.4, 0.5) is 5.69 Å². The minimum Gasteiger partial charge on any atom is -0.325 e. The molecule has 0 spiro atoms. The zero-order valence-electron chi connectivity index (χ0n) is 11.9. The number of amides is 1. The van der Waals surface area contributed by atoms with Crippen LogP contribution < -0.4 is 5.32 Å². The van der Waals surface area contributed by atoms with E-state index >= 15 is 0 Å². The number of nitrogens with one attached hydrogen (secondary N) is 1. The van der Waals surface area contributed by atoms with Gasteiger partial charge in [0.1, 0.15) is 10.6 Å². The van der Waals surface area contributed by atoms with Crippen LogP contribution in [0.2, 0.25) is 5.02 Å². The molecule has 1 aromatic heterocycles. The van der Waals surface area contributed by atoms with Crippen LogP contribution in [-0.2, 0) is 4.79 Å². The Morgan fingerprint density at radius 3 is 2.74 bits per heavy atom. The van der Waals surface area contributed by atoms with Gasteiger partial charge in [0.25, 0.3) is 0 Å². The average molecular weight is 362 g/mol. The van der Waals surface area contributed by atoms with Crippen LogP contribution >= 0.6 is 35.6 Å². The molecule has 0 aliphatic heterocycles. The van der Waals surface area contributed by atoms with E-state index in [1.165, 1.54) is 11.8 Å². The van der Waals surface area contributed by atoms with Gasteiger partial charge in [0.2, 0.25) is 5.91 Å². The number of para-hydroxylation sites is 2. The van der Waals surface area contributed by atoms with Gasteiger partial charge in [0.15, 0.2) is 0 Å². The zero-order chi connectivity index (χ0) is 16.2. The summed E-state index contributed by atoms with van der Waals surface area (Å²) in [7, 11) is 0. The van der Waals surface area contributed by atoms with E-state index < -0.39 is 0 Å². The summed E-state index contributed by atoms with van der Waals surface area (Å²) in [4.78, 5) is 16.3. The van der Waals surface area contributed by atoms with Crippen molar-refractivity contribution >= 4 is 62.5 Å². The number of rotatable bonds is 3. The summed E-state index contributed by atoms with van der Waals surface area (Å²) in [5.41, 5.74) is 2.52. The molecule has 0 atom stereocenters. The third-order valence-electron chi connectivity index (χ3n) is 3.10. The Bertz CT molecular complexity index is 861. The molecule has 4 nitrogen and oxygen atoms in total. The van der Waals surface area contributed by atoms with Crippen molar-refractivity contribution in [3.05, 3.63) is 59.9 Å². The van der Waals surface area contributed by atoms with Crippen LogP contribution in [0.25, 0.3) is 11.0 Å². The first-order valence-corrected chi connectivity index (χ1v) is 8.55. The van der Waals surface area contributed by atoms with Crippen molar-refractivity contribution < 1.29 is 4.79 Å². The summed E-state index contributed by atoms with van der Waals surface area (Å²) in [6, 6.07) is 14.7. The first-order valence-electron chi connectivity index (χ1n) is 6.78. The molecular formula is C16H12ClN3OS2. The number of carbonyl (C=O) groups is 1. The second-order valence-corrected chi connectivity index (χ2v) is 6.76. The van der Waals surface area contributed by atoms with Gasteiger partial charge in [-0.15, -0.1) is 0 Å². The van der Waals surface area contributed by atoms with Gasteiger partial charge in [-0.1, -0.05) is 47.7 Å². The summed E-state index contributed by atoms with van der Waals surface area (Å²) < 4.78 is 2.40. The van der Waals surface area contributed by atoms with Crippen molar-refractivity contribution in [1.82, 2.24) is 9.55 Å². The standard InChI is InChI=1S/C16H12ClN3OS2/c17-11-5-7-12(8-6-11)19-15(21)9-23-16(22)20-10-18-13-3-1-2-4-14(13)20/h1-8,10H,9H2,(H,19,21). The Hall–Kier alpha value is -1.89. The lowest BCUT2D eigenvalue weighted by molar-refractivity contribution is -0.113. The molecule has 3 rings (SSSR count). The van der Waals surface area contributed by atoms with Gasteiger partial charge in [-0.05, 0) is 36.4 Å². The van der Waals surface area contributed by atoms with Gasteiger partial charge >= 0.3 is 0 Å². The molecule has 0 saturated heterocycles. The Morgan fingerprint density at radius 2 is 1.96 bits per heavy atom. The van der Waals surface area contributed by atoms with Crippen molar-refractivity contribution in [2.45, 2.75) is 0 Å². The molecular weight excluding hydrogens is 350 g/mol. The quantitative estimate of drug-likeness (QED) is 0.710. The Balaban J connectivity index is 1.60. The number of imidazole rings is 1. The SMILES string of the molecule is O=C(CSC(=S)n1cnc2ccccc21)Nc1ccc(Cl)cc1. The van der Waals surface area contributed by atoms with E-state index in [0.29, 0.717) is 15.0 Å². The molecule has 116 valence electrons. The van der Waals surface area contributed by atoms with Gasteiger partial charge < -0.3 is 5.32 Å². The molecule has 0 fully saturated rings. The molecule has 0 bridgehead atoms. The maximum atomic E-state index is 12.0. The van der Waals surface area contributed by atoms with Crippen LogP contribution in [0.1, 0.15) is 0 Å². The van der Waals surface area contributed by atoms with Crippen molar-refractivity contribution in [1.29, 1.82) is 0 Å². The normalized spacial score (nSPS) is 10.7. The second kappa shape index (κ2) is 7.12. The highest BCUT2D eigenvalue weighted by atomic mass is 35.5. The predicted octanol–water partition coefficient (Wildman–Crippen LogP) is 4.19. The third kappa shape index (κ3) is 3.90. The molecule has 3 aromatic rings. The molecule has 1 heterocycles. The molecule has 7 heteroatoms. The Kier molecular flexibility index (Phi) is 4.95. The zero-order valence-corrected chi connectivity index (χ0v) is 14.3. The first-order chi connectivity index (χ1) is 11.1. The molecule has 0 aliphatic rings. The summed E-state index contributed by atoms with van der Waals surface area (Å²) >= 11 is 12.5. The number of hydrogen-bond acceptors (Lipinski definition) is 4. The number of thiocarbonyl (C=S) groups is 1. The summed E-state index contributed by atoms with van der Waals surface area (Å²) in [5, 5.41) is 3.43. The molecule has 2 aromatic carbocycles. The molecule has 0 aliphatic carbocycles. The molecule has 1 N–H and O–H groups in total. The van der Waals surface area contributed by atoms with Crippen molar-refractivity contribution in [3.63, 3.8) is 0 Å². The maximum Gasteiger partial charge on any atom is 0.234 e. The van der Waals surface area contributed by atoms with Gasteiger partial charge in [0.05, 0.1) is 16.8 Å². The number of thioether (sulfide) groups is 1. The van der Waals surface area contributed by atoms with Crippen molar-refractivity contribution in [3.8, 4) is 0 Å². The fourth-order valence-electron chi connectivity index (χ4n) is 2.03. The fourth-order valence-corrected chi connectivity index (χ4v) is 3.09. The van der Waals surface area contributed by atoms with Crippen LogP contribution in [-0.4, -0.2) is 25.5 Å². The number of anilines is 1. The largest absolute Gasteiger partial charge is 0.325 e. The molecule has 0 radical (unpaired) electrons. The third-order valence-corrected chi connectivity index (χ3v) is 4.76. The Labute approximate surface area is 147 Å². The number of carbonyl (C=O) groups excluding carboxylic acids is 1. The topological polar surface area (TPSA) is 46.9 Å². The molecule has 23 heavy (non-hydrogen) atoms. The first kappa shape index (κ1) is 16.0. The molecule has 0 unspecified atom stereocenters. The minimum atomic E-state index is -0.121. The van der Waals surface area contributed by atoms with Crippen LogP contribution in [0.15, 0.2) is 54.9 Å². The van der Waals surface area contributed by atoms with Crippen LogP contribution in [0.5, 0.6) is 0 Å². The summed E-state index contributed by atoms with van der Waals surface area (Å²) in [6.45, 7) is 0.